The van der Waals surface area contributed by atoms with Crippen LogP contribution in [0.15, 0.2) is 42.5 Å². The van der Waals surface area contributed by atoms with Gasteiger partial charge in [0.05, 0.1) is 21.1 Å². The summed E-state index contributed by atoms with van der Waals surface area (Å²) < 4.78 is 5.62. The van der Waals surface area contributed by atoms with Crippen LogP contribution in [0.25, 0.3) is 11.6 Å². The number of fused-ring (bicyclic) bond motifs is 4. The molecule has 2 aliphatic carbocycles. The summed E-state index contributed by atoms with van der Waals surface area (Å²) in [5.74, 6) is 1.16. The van der Waals surface area contributed by atoms with Crippen molar-refractivity contribution in [2.75, 3.05) is 7.11 Å². The van der Waals surface area contributed by atoms with E-state index >= 15 is 0 Å². The maximum atomic E-state index is 13.2. The lowest BCUT2D eigenvalue weighted by molar-refractivity contribution is 0.0954. The fraction of sp³-hybridized carbons (Fsp3) is 0.286. The van der Waals surface area contributed by atoms with Crippen molar-refractivity contribution in [3.8, 4) is 5.75 Å². The number of ether oxygens (including phenoxy) is 1. The molecule has 2 aliphatic rings. The number of allylic oxidation sites excluding steroid dienone is 1. The predicted octanol–water partition coefficient (Wildman–Crippen LogP) is 5.02. The van der Waals surface area contributed by atoms with Gasteiger partial charge in [-0.05, 0) is 34.4 Å². The SMILES string of the molecule is COc1cccc2c1C=C1c3ccccc3C(=O)C1C2[Si](C)(C)C. The molecule has 0 N–H and O–H groups in total. The maximum absolute atomic E-state index is 13.2. The Bertz CT molecular complexity index is 874. The minimum absolute atomic E-state index is 0.0336. The van der Waals surface area contributed by atoms with Gasteiger partial charge in [-0.1, -0.05) is 56.0 Å². The molecule has 2 aromatic carbocycles. The molecular weight excluding hydrogens is 312 g/mol. The van der Waals surface area contributed by atoms with E-state index in [1.165, 1.54) is 11.1 Å². The van der Waals surface area contributed by atoms with Crippen molar-refractivity contribution in [1.82, 2.24) is 0 Å². The van der Waals surface area contributed by atoms with Crippen molar-refractivity contribution >= 4 is 25.5 Å². The summed E-state index contributed by atoms with van der Waals surface area (Å²) in [7, 11) is 0.0924. The molecule has 0 radical (unpaired) electrons. The minimum Gasteiger partial charge on any atom is -0.496 e. The lowest BCUT2D eigenvalue weighted by Crippen LogP contribution is -2.40. The van der Waals surface area contributed by atoms with Gasteiger partial charge in [0, 0.05) is 11.1 Å². The number of methoxy groups -OCH3 is 1. The molecule has 24 heavy (non-hydrogen) atoms. The quantitative estimate of drug-likeness (QED) is 0.721. The second-order valence-electron chi connectivity index (χ2n) is 7.79. The van der Waals surface area contributed by atoms with Crippen LogP contribution in [0, 0.1) is 5.92 Å². The van der Waals surface area contributed by atoms with Gasteiger partial charge < -0.3 is 4.74 Å². The molecule has 0 saturated carbocycles. The minimum atomic E-state index is -1.63. The van der Waals surface area contributed by atoms with Crippen LogP contribution in [0.1, 0.15) is 32.6 Å². The van der Waals surface area contributed by atoms with Crippen molar-refractivity contribution in [1.29, 1.82) is 0 Å². The van der Waals surface area contributed by atoms with Crippen LogP contribution in [0.3, 0.4) is 0 Å². The molecule has 0 spiro atoms. The Morgan fingerprint density at radius 2 is 1.67 bits per heavy atom. The average molecular weight is 334 g/mol. The van der Waals surface area contributed by atoms with Gasteiger partial charge in [0.2, 0.25) is 0 Å². The van der Waals surface area contributed by atoms with E-state index in [4.69, 9.17) is 4.74 Å². The van der Waals surface area contributed by atoms with Gasteiger partial charge in [0.15, 0.2) is 5.78 Å². The molecular formula is C21H22O2Si. The first-order chi connectivity index (χ1) is 11.4. The Labute approximate surface area is 144 Å². The fourth-order valence-corrected chi connectivity index (χ4v) is 6.91. The van der Waals surface area contributed by atoms with Gasteiger partial charge in [-0.2, -0.15) is 0 Å². The smallest absolute Gasteiger partial charge is 0.171 e. The summed E-state index contributed by atoms with van der Waals surface area (Å²) in [6.07, 6.45) is 2.19. The molecule has 2 aromatic rings. The molecule has 0 aromatic heterocycles. The maximum Gasteiger partial charge on any atom is 0.171 e. The number of hydrogen-bond donors (Lipinski definition) is 0. The molecule has 2 nitrogen and oxygen atoms in total. The third-order valence-electron chi connectivity index (χ3n) is 5.34. The Hall–Kier alpha value is -2.13. The lowest BCUT2D eigenvalue weighted by atomic mass is 9.82. The molecule has 0 fully saturated rings. The average Bonchev–Trinajstić information content (AvgIpc) is 2.84. The Balaban J connectivity index is 2.04. The number of benzene rings is 2. The molecule has 0 amide bonds. The van der Waals surface area contributed by atoms with Crippen molar-refractivity contribution in [2.45, 2.75) is 25.2 Å². The molecule has 0 bridgehead atoms. The number of hydrogen-bond acceptors (Lipinski definition) is 2. The molecule has 2 atom stereocenters. The Morgan fingerprint density at radius 1 is 0.958 bits per heavy atom. The summed E-state index contributed by atoms with van der Waals surface area (Å²) >= 11 is 0. The van der Waals surface area contributed by atoms with Crippen LogP contribution in [-0.2, 0) is 0 Å². The zero-order chi connectivity index (χ0) is 17.1. The highest BCUT2D eigenvalue weighted by Crippen LogP contribution is 2.53. The first kappa shape index (κ1) is 15.4. The monoisotopic (exact) mass is 334 g/mol. The first-order valence-corrected chi connectivity index (χ1v) is 12.0. The molecule has 0 aliphatic heterocycles. The third kappa shape index (κ3) is 2.04. The van der Waals surface area contributed by atoms with E-state index in [1.54, 1.807) is 7.11 Å². The molecule has 0 heterocycles. The van der Waals surface area contributed by atoms with Crippen molar-refractivity contribution in [2.24, 2.45) is 5.92 Å². The fourth-order valence-electron chi connectivity index (χ4n) is 4.39. The Morgan fingerprint density at radius 3 is 2.33 bits per heavy atom. The number of carbonyl (C=O) groups is 1. The van der Waals surface area contributed by atoms with Gasteiger partial charge >= 0.3 is 0 Å². The summed E-state index contributed by atoms with van der Waals surface area (Å²) in [6.45, 7) is 7.08. The van der Waals surface area contributed by atoms with Crippen LogP contribution in [-0.4, -0.2) is 21.0 Å². The van der Waals surface area contributed by atoms with Crippen LogP contribution in [0.4, 0.5) is 0 Å². The topological polar surface area (TPSA) is 26.3 Å². The zero-order valence-electron chi connectivity index (χ0n) is 14.6. The summed E-state index contributed by atoms with van der Waals surface area (Å²) in [5, 5.41) is 0. The van der Waals surface area contributed by atoms with E-state index in [0.717, 1.165) is 22.4 Å². The molecule has 2 unspecified atom stereocenters. The first-order valence-electron chi connectivity index (χ1n) is 8.45. The standard InChI is InChI=1S/C21H22O2Si/c1-23-18-11-7-10-15-16(18)12-17-13-8-5-6-9-14(13)20(22)19(17)21(15)24(2,3)4/h5-12,19,21H,1-4H3. The second kappa shape index (κ2) is 5.18. The number of carbonyl (C=O) groups excluding carboxylic acids is 1. The highest BCUT2D eigenvalue weighted by Gasteiger charge is 2.48. The van der Waals surface area contributed by atoms with E-state index in [1.807, 2.05) is 24.3 Å². The van der Waals surface area contributed by atoms with Crippen molar-refractivity contribution in [3.63, 3.8) is 0 Å². The molecule has 4 rings (SSSR count). The van der Waals surface area contributed by atoms with E-state index in [-0.39, 0.29) is 17.2 Å². The lowest BCUT2D eigenvalue weighted by Gasteiger charge is -2.38. The van der Waals surface area contributed by atoms with Gasteiger partial charge in [-0.25, -0.2) is 0 Å². The van der Waals surface area contributed by atoms with E-state index in [2.05, 4.69) is 43.9 Å². The number of ketones is 1. The largest absolute Gasteiger partial charge is 0.496 e. The van der Waals surface area contributed by atoms with Gasteiger partial charge in [0.25, 0.3) is 0 Å². The summed E-state index contributed by atoms with van der Waals surface area (Å²) in [6, 6.07) is 14.3. The highest BCUT2D eigenvalue weighted by molar-refractivity contribution is 6.78. The number of rotatable bonds is 2. The zero-order valence-corrected chi connectivity index (χ0v) is 15.6. The third-order valence-corrected chi connectivity index (χ3v) is 7.85. The van der Waals surface area contributed by atoms with Crippen LogP contribution >= 0.6 is 0 Å². The van der Waals surface area contributed by atoms with Crippen LogP contribution < -0.4 is 4.74 Å². The number of Topliss-reactive ketones (excluding diaryl/α,β-unsaturated/α-hetero) is 1. The second-order valence-corrected chi connectivity index (χ2v) is 13.1. The van der Waals surface area contributed by atoms with Crippen LogP contribution in [0.5, 0.6) is 5.75 Å². The van der Waals surface area contributed by atoms with Gasteiger partial charge in [0.1, 0.15) is 5.75 Å². The molecule has 122 valence electrons. The highest BCUT2D eigenvalue weighted by atomic mass is 28.3. The van der Waals surface area contributed by atoms with Gasteiger partial charge in [-0.15, -0.1) is 0 Å². The normalized spacial score (nSPS) is 21.7. The molecule has 0 saturated heterocycles. The van der Waals surface area contributed by atoms with Crippen LogP contribution in [0.2, 0.25) is 19.6 Å². The van der Waals surface area contributed by atoms with E-state index < -0.39 is 8.07 Å². The van der Waals surface area contributed by atoms with E-state index in [0.29, 0.717) is 0 Å². The Kier molecular flexibility index (Phi) is 3.32. The summed E-state index contributed by atoms with van der Waals surface area (Å²) in [5.41, 5.74) is 5.88. The van der Waals surface area contributed by atoms with Crippen molar-refractivity contribution in [3.05, 3.63) is 64.7 Å². The predicted molar refractivity (Wildman–Crippen MR) is 101 cm³/mol. The summed E-state index contributed by atoms with van der Waals surface area (Å²) in [4.78, 5) is 13.2. The molecule has 3 heteroatoms. The van der Waals surface area contributed by atoms with E-state index in [9.17, 15) is 4.79 Å². The van der Waals surface area contributed by atoms with Gasteiger partial charge in [-0.3, -0.25) is 4.79 Å². The van der Waals surface area contributed by atoms with Crippen molar-refractivity contribution < 1.29 is 9.53 Å².